The van der Waals surface area contributed by atoms with E-state index in [9.17, 15) is 0 Å². The van der Waals surface area contributed by atoms with Gasteiger partial charge >= 0.3 is 0 Å². The first kappa shape index (κ1) is 12.8. The topological polar surface area (TPSA) is 47.7 Å². The Morgan fingerprint density at radius 2 is 2.11 bits per heavy atom. The van der Waals surface area contributed by atoms with Crippen LogP contribution >= 0.6 is 0 Å². The molecule has 5 nitrogen and oxygen atoms in total. The molecule has 98 valence electrons. The maximum atomic E-state index is 4.26. The number of nitrogens with one attached hydrogen (secondary N) is 1. The zero-order valence-corrected chi connectivity index (χ0v) is 11.5. The van der Waals surface area contributed by atoms with E-state index in [0.29, 0.717) is 0 Å². The molecule has 0 saturated carbocycles. The van der Waals surface area contributed by atoms with Gasteiger partial charge in [0.15, 0.2) is 0 Å². The lowest BCUT2D eigenvalue weighted by molar-refractivity contribution is 0.408. The van der Waals surface area contributed by atoms with Crippen LogP contribution in [0, 0.1) is 0 Å². The molecule has 0 aromatic carbocycles. The van der Waals surface area contributed by atoms with Gasteiger partial charge in [-0.05, 0) is 32.9 Å². The van der Waals surface area contributed by atoms with Gasteiger partial charge in [-0.15, -0.1) is 0 Å². The third-order valence-corrected chi connectivity index (χ3v) is 3.38. The molecule has 0 fully saturated rings. The summed E-state index contributed by atoms with van der Waals surface area (Å²) < 4.78 is 4.03. The number of rotatable bonds is 5. The first-order valence-electron chi connectivity index (χ1n) is 6.20. The molecule has 0 aliphatic carbocycles. The molecule has 0 saturated heterocycles. The molecule has 0 unspecified atom stereocenters. The highest BCUT2D eigenvalue weighted by molar-refractivity contribution is 5.12. The molecule has 0 spiro atoms. The third kappa shape index (κ3) is 2.61. The van der Waals surface area contributed by atoms with E-state index in [1.165, 1.54) is 11.3 Å². The first-order valence-corrected chi connectivity index (χ1v) is 6.20. The summed E-state index contributed by atoms with van der Waals surface area (Å²) in [6, 6.07) is 0. The van der Waals surface area contributed by atoms with Gasteiger partial charge in [0.05, 0.1) is 23.8 Å². The molecule has 2 aromatic rings. The zero-order valence-electron chi connectivity index (χ0n) is 11.5. The van der Waals surface area contributed by atoms with Crippen LogP contribution in [0.25, 0.3) is 0 Å². The van der Waals surface area contributed by atoms with Crippen molar-refractivity contribution >= 4 is 0 Å². The van der Waals surface area contributed by atoms with Crippen molar-refractivity contribution in [3.63, 3.8) is 0 Å². The monoisotopic (exact) mass is 247 g/mol. The maximum absolute atomic E-state index is 4.26. The minimum atomic E-state index is -0.0640. The minimum absolute atomic E-state index is 0.0640. The number of hydrogen-bond acceptors (Lipinski definition) is 3. The molecule has 0 aliphatic rings. The Kier molecular flexibility index (Phi) is 3.52. The molecule has 2 heterocycles. The normalized spacial score (nSPS) is 12.0. The van der Waals surface area contributed by atoms with Crippen molar-refractivity contribution in [2.45, 2.75) is 32.4 Å². The van der Waals surface area contributed by atoms with Crippen molar-refractivity contribution in [1.82, 2.24) is 24.6 Å². The lowest BCUT2D eigenvalue weighted by Crippen LogP contribution is -2.35. The number of imidazole rings is 1. The van der Waals surface area contributed by atoms with E-state index < -0.39 is 0 Å². The van der Waals surface area contributed by atoms with Crippen LogP contribution in [0.2, 0.25) is 0 Å². The molecule has 2 rings (SSSR count). The van der Waals surface area contributed by atoms with Gasteiger partial charge in [-0.25, -0.2) is 4.98 Å². The highest BCUT2D eigenvalue weighted by atomic mass is 15.2. The van der Waals surface area contributed by atoms with Gasteiger partial charge in [-0.3, -0.25) is 4.68 Å². The van der Waals surface area contributed by atoms with Crippen molar-refractivity contribution in [2.24, 2.45) is 7.05 Å². The summed E-state index contributed by atoms with van der Waals surface area (Å²) in [7, 11) is 3.91. The lowest BCUT2D eigenvalue weighted by Gasteiger charge is -2.25. The Morgan fingerprint density at radius 3 is 2.72 bits per heavy atom. The van der Waals surface area contributed by atoms with E-state index in [1.54, 1.807) is 0 Å². The quantitative estimate of drug-likeness (QED) is 0.866. The highest BCUT2D eigenvalue weighted by Crippen LogP contribution is 2.19. The van der Waals surface area contributed by atoms with E-state index in [-0.39, 0.29) is 5.54 Å². The van der Waals surface area contributed by atoms with Crippen LogP contribution in [0.1, 0.15) is 25.1 Å². The summed E-state index contributed by atoms with van der Waals surface area (Å²) in [5.74, 6) is 0. The second kappa shape index (κ2) is 4.94. The summed E-state index contributed by atoms with van der Waals surface area (Å²) in [6.07, 6.45) is 8.77. The summed E-state index contributed by atoms with van der Waals surface area (Å²) in [5.41, 5.74) is 2.39. The van der Waals surface area contributed by atoms with Gasteiger partial charge in [0, 0.05) is 26.0 Å². The van der Waals surface area contributed by atoms with Gasteiger partial charge in [0.2, 0.25) is 0 Å². The van der Waals surface area contributed by atoms with Gasteiger partial charge in [0.25, 0.3) is 0 Å². The average molecular weight is 247 g/mol. The van der Waals surface area contributed by atoms with Crippen LogP contribution in [0.3, 0.4) is 0 Å². The minimum Gasteiger partial charge on any atom is -0.333 e. The highest BCUT2D eigenvalue weighted by Gasteiger charge is 2.21. The molecule has 0 radical (unpaired) electrons. The van der Waals surface area contributed by atoms with E-state index >= 15 is 0 Å². The van der Waals surface area contributed by atoms with E-state index in [1.807, 2.05) is 37.5 Å². The molecule has 0 bridgehead atoms. The Hall–Kier alpha value is -1.62. The standard InChI is InChI=1S/C13H21N5/c1-13(2,14-3)12-8-15-10-18(12)6-5-11-7-16-17(4)9-11/h7-10,14H,5-6H2,1-4H3. The Bertz CT molecular complexity index is 509. The average Bonchev–Trinajstić information content (AvgIpc) is 2.95. The number of nitrogens with zero attached hydrogens (tertiary/aromatic N) is 4. The molecule has 0 atom stereocenters. The lowest BCUT2D eigenvalue weighted by atomic mass is 10.0. The van der Waals surface area contributed by atoms with Crippen LogP contribution < -0.4 is 5.32 Å². The molecular formula is C13H21N5. The summed E-state index contributed by atoms with van der Waals surface area (Å²) >= 11 is 0. The molecule has 5 heteroatoms. The summed E-state index contributed by atoms with van der Waals surface area (Å²) in [4.78, 5) is 4.26. The van der Waals surface area contributed by atoms with Crippen LogP contribution in [0.4, 0.5) is 0 Å². The van der Waals surface area contributed by atoms with Crippen molar-refractivity contribution in [3.05, 3.63) is 36.2 Å². The summed E-state index contributed by atoms with van der Waals surface area (Å²) in [6.45, 7) is 5.24. The number of aryl methyl sites for hydroxylation is 3. The smallest absolute Gasteiger partial charge is 0.0948 e. The maximum Gasteiger partial charge on any atom is 0.0948 e. The van der Waals surface area contributed by atoms with Gasteiger partial charge in [0.1, 0.15) is 0 Å². The van der Waals surface area contributed by atoms with Gasteiger partial charge in [-0.1, -0.05) is 0 Å². The second-order valence-corrected chi connectivity index (χ2v) is 5.12. The van der Waals surface area contributed by atoms with Crippen LogP contribution in [0.15, 0.2) is 24.9 Å². The third-order valence-electron chi connectivity index (χ3n) is 3.38. The Labute approximate surface area is 108 Å². The number of aromatic nitrogens is 4. The van der Waals surface area contributed by atoms with Crippen molar-refractivity contribution in [3.8, 4) is 0 Å². The molecule has 2 aromatic heterocycles. The fraction of sp³-hybridized carbons (Fsp3) is 0.538. The van der Waals surface area contributed by atoms with Crippen molar-refractivity contribution in [1.29, 1.82) is 0 Å². The van der Waals surface area contributed by atoms with E-state index in [0.717, 1.165) is 13.0 Å². The Morgan fingerprint density at radius 1 is 1.33 bits per heavy atom. The SMILES string of the molecule is CNC(C)(C)c1cncn1CCc1cnn(C)c1. The molecule has 0 amide bonds. The predicted octanol–water partition coefficient (Wildman–Crippen LogP) is 1.31. The zero-order chi connectivity index (χ0) is 13.2. The van der Waals surface area contributed by atoms with Crippen LogP contribution in [-0.2, 0) is 25.6 Å². The predicted molar refractivity (Wildman–Crippen MR) is 71.2 cm³/mol. The van der Waals surface area contributed by atoms with E-state index in [2.05, 4.69) is 40.0 Å². The van der Waals surface area contributed by atoms with Crippen LogP contribution in [-0.4, -0.2) is 26.4 Å². The van der Waals surface area contributed by atoms with Crippen molar-refractivity contribution < 1.29 is 0 Å². The largest absolute Gasteiger partial charge is 0.333 e. The fourth-order valence-electron chi connectivity index (χ4n) is 2.00. The first-order chi connectivity index (χ1) is 8.53. The summed E-state index contributed by atoms with van der Waals surface area (Å²) in [5, 5.41) is 7.49. The van der Waals surface area contributed by atoms with Gasteiger partial charge < -0.3 is 9.88 Å². The van der Waals surface area contributed by atoms with Crippen molar-refractivity contribution in [2.75, 3.05) is 7.05 Å². The van der Waals surface area contributed by atoms with E-state index in [4.69, 9.17) is 0 Å². The molecular weight excluding hydrogens is 226 g/mol. The van der Waals surface area contributed by atoms with Crippen LogP contribution in [0.5, 0.6) is 0 Å². The van der Waals surface area contributed by atoms with Gasteiger partial charge in [-0.2, -0.15) is 5.10 Å². The molecule has 0 aliphatic heterocycles. The molecule has 1 N–H and O–H groups in total. The Balaban J connectivity index is 2.09. The fourth-order valence-corrected chi connectivity index (χ4v) is 2.00. The second-order valence-electron chi connectivity index (χ2n) is 5.12. The molecule has 18 heavy (non-hydrogen) atoms. The number of hydrogen-bond donors (Lipinski definition) is 1.